The Balaban J connectivity index is 2.25. The highest BCUT2D eigenvalue weighted by molar-refractivity contribution is 5.74. The molecule has 2 N–H and O–H groups in total. The molecule has 0 bridgehead atoms. The van der Waals surface area contributed by atoms with E-state index in [1.54, 1.807) is 7.11 Å². The maximum Gasteiger partial charge on any atom is 0.195 e. The van der Waals surface area contributed by atoms with E-state index in [4.69, 9.17) is 14.9 Å². The van der Waals surface area contributed by atoms with E-state index in [0.29, 0.717) is 12.5 Å². The van der Waals surface area contributed by atoms with Gasteiger partial charge in [0.15, 0.2) is 11.5 Å². The molecule has 0 aliphatic carbocycles. The van der Waals surface area contributed by atoms with Crippen LogP contribution >= 0.6 is 0 Å². The minimum Gasteiger partial charge on any atom is -0.497 e. The second-order valence-electron chi connectivity index (χ2n) is 4.16. The number of rotatable bonds is 5. The predicted molar refractivity (Wildman–Crippen MR) is 67.1 cm³/mol. The molecule has 17 heavy (non-hydrogen) atoms. The summed E-state index contributed by atoms with van der Waals surface area (Å²) in [5.41, 5.74) is 7.32. The number of nitrogens with zero attached hydrogens (tertiary/aromatic N) is 1. The fourth-order valence-corrected chi connectivity index (χ4v) is 1.81. The molecule has 0 aliphatic heterocycles. The Labute approximate surface area is 101 Å². The molecule has 92 valence electrons. The molecule has 0 fully saturated rings. The number of ether oxygens (including phenoxy) is 1. The first-order valence-corrected chi connectivity index (χ1v) is 5.90. The average molecular weight is 234 g/mol. The Morgan fingerprint density at radius 1 is 1.47 bits per heavy atom. The van der Waals surface area contributed by atoms with Crippen molar-refractivity contribution in [3.63, 3.8) is 0 Å². The SMILES string of the molecule is CCC(CN)Cc1nc2ccc(OC)cc2o1. The van der Waals surface area contributed by atoms with E-state index in [1.165, 1.54) is 0 Å². The van der Waals surface area contributed by atoms with Crippen LogP contribution in [0.25, 0.3) is 11.1 Å². The van der Waals surface area contributed by atoms with E-state index in [2.05, 4.69) is 11.9 Å². The van der Waals surface area contributed by atoms with Crippen LogP contribution in [0.5, 0.6) is 5.75 Å². The fourth-order valence-electron chi connectivity index (χ4n) is 1.81. The molecule has 0 spiro atoms. The standard InChI is InChI=1S/C13H18N2O2/c1-3-9(8-14)6-13-15-11-5-4-10(16-2)7-12(11)17-13/h4-5,7,9H,3,6,8,14H2,1-2H3. The summed E-state index contributed by atoms with van der Waals surface area (Å²) in [6.45, 7) is 2.79. The van der Waals surface area contributed by atoms with Gasteiger partial charge in [-0.2, -0.15) is 0 Å². The lowest BCUT2D eigenvalue weighted by Gasteiger charge is -2.07. The van der Waals surface area contributed by atoms with E-state index in [-0.39, 0.29) is 0 Å². The highest BCUT2D eigenvalue weighted by Crippen LogP contribution is 2.22. The van der Waals surface area contributed by atoms with Crippen molar-refractivity contribution in [1.82, 2.24) is 4.98 Å². The van der Waals surface area contributed by atoms with Crippen LogP contribution < -0.4 is 10.5 Å². The highest BCUT2D eigenvalue weighted by Gasteiger charge is 2.11. The smallest absolute Gasteiger partial charge is 0.195 e. The van der Waals surface area contributed by atoms with E-state index in [9.17, 15) is 0 Å². The number of benzene rings is 1. The van der Waals surface area contributed by atoms with Gasteiger partial charge in [0.1, 0.15) is 11.3 Å². The Kier molecular flexibility index (Phi) is 3.64. The number of hydrogen-bond acceptors (Lipinski definition) is 4. The molecule has 4 heteroatoms. The lowest BCUT2D eigenvalue weighted by molar-refractivity contribution is 0.412. The van der Waals surface area contributed by atoms with Gasteiger partial charge in [0.2, 0.25) is 0 Å². The van der Waals surface area contributed by atoms with Gasteiger partial charge in [0.25, 0.3) is 0 Å². The molecule has 1 aromatic heterocycles. The minimum absolute atomic E-state index is 0.435. The highest BCUT2D eigenvalue weighted by atomic mass is 16.5. The third-order valence-corrected chi connectivity index (χ3v) is 3.01. The molecule has 4 nitrogen and oxygen atoms in total. The molecule has 1 heterocycles. The van der Waals surface area contributed by atoms with Crippen molar-refractivity contribution in [2.75, 3.05) is 13.7 Å². The monoisotopic (exact) mass is 234 g/mol. The second kappa shape index (κ2) is 5.19. The summed E-state index contributed by atoms with van der Waals surface area (Å²) in [6.07, 6.45) is 1.84. The van der Waals surface area contributed by atoms with Crippen LogP contribution in [0.3, 0.4) is 0 Å². The summed E-state index contributed by atoms with van der Waals surface area (Å²) in [5.74, 6) is 1.97. The fraction of sp³-hybridized carbons (Fsp3) is 0.462. The van der Waals surface area contributed by atoms with Crippen LogP contribution in [0.1, 0.15) is 19.2 Å². The van der Waals surface area contributed by atoms with Crippen molar-refractivity contribution in [2.24, 2.45) is 11.7 Å². The van der Waals surface area contributed by atoms with Crippen LogP contribution in [-0.4, -0.2) is 18.6 Å². The van der Waals surface area contributed by atoms with Crippen LogP contribution in [0.15, 0.2) is 22.6 Å². The number of oxazole rings is 1. The van der Waals surface area contributed by atoms with Crippen molar-refractivity contribution in [3.05, 3.63) is 24.1 Å². The molecule has 1 unspecified atom stereocenters. The van der Waals surface area contributed by atoms with E-state index < -0.39 is 0 Å². The lowest BCUT2D eigenvalue weighted by Crippen LogP contribution is -2.15. The molecule has 0 radical (unpaired) electrons. The summed E-state index contributed by atoms with van der Waals surface area (Å²) in [6, 6.07) is 5.65. The van der Waals surface area contributed by atoms with Gasteiger partial charge in [-0.3, -0.25) is 0 Å². The maximum absolute atomic E-state index is 5.70. The number of methoxy groups -OCH3 is 1. The number of fused-ring (bicyclic) bond motifs is 1. The molecule has 1 aromatic carbocycles. The summed E-state index contributed by atoms with van der Waals surface area (Å²) in [5, 5.41) is 0. The molecule has 0 amide bonds. The van der Waals surface area contributed by atoms with Crippen LogP contribution in [0.4, 0.5) is 0 Å². The van der Waals surface area contributed by atoms with Crippen molar-refractivity contribution in [2.45, 2.75) is 19.8 Å². The van der Waals surface area contributed by atoms with Gasteiger partial charge < -0.3 is 14.9 Å². The van der Waals surface area contributed by atoms with Gasteiger partial charge in [-0.1, -0.05) is 13.3 Å². The third kappa shape index (κ3) is 2.58. The number of aromatic nitrogens is 1. The van der Waals surface area contributed by atoms with E-state index >= 15 is 0 Å². The Morgan fingerprint density at radius 2 is 2.29 bits per heavy atom. The molecular weight excluding hydrogens is 216 g/mol. The summed E-state index contributed by atoms with van der Waals surface area (Å²) in [7, 11) is 1.64. The van der Waals surface area contributed by atoms with E-state index in [1.807, 2.05) is 18.2 Å². The zero-order valence-electron chi connectivity index (χ0n) is 10.3. The molecule has 1 atom stereocenters. The van der Waals surface area contributed by atoms with Gasteiger partial charge in [-0.25, -0.2) is 4.98 Å². The first-order valence-electron chi connectivity index (χ1n) is 5.90. The summed E-state index contributed by atoms with van der Waals surface area (Å²) in [4.78, 5) is 4.45. The molecular formula is C13H18N2O2. The Hall–Kier alpha value is -1.55. The quantitative estimate of drug-likeness (QED) is 0.862. The molecule has 2 aromatic rings. The number of nitrogens with two attached hydrogens (primary N) is 1. The first-order chi connectivity index (χ1) is 8.26. The molecule has 0 saturated carbocycles. The van der Waals surface area contributed by atoms with Crippen molar-refractivity contribution >= 4 is 11.1 Å². The van der Waals surface area contributed by atoms with Gasteiger partial charge in [-0.05, 0) is 24.6 Å². The minimum atomic E-state index is 0.435. The number of hydrogen-bond donors (Lipinski definition) is 1. The van der Waals surface area contributed by atoms with Gasteiger partial charge in [0.05, 0.1) is 7.11 Å². The topological polar surface area (TPSA) is 61.3 Å². The molecule has 0 saturated heterocycles. The lowest BCUT2D eigenvalue weighted by atomic mass is 10.0. The molecule has 0 aliphatic rings. The van der Waals surface area contributed by atoms with Gasteiger partial charge in [-0.15, -0.1) is 0 Å². The Bertz CT molecular complexity index is 489. The Morgan fingerprint density at radius 3 is 2.94 bits per heavy atom. The first kappa shape index (κ1) is 11.9. The van der Waals surface area contributed by atoms with Crippen molar-refractivity contribution in [1.29, 1.82) is 0 Å². The van der Waals surface area contributed by atoms with Gasteiger partial charge >= 0.3 is 0 Å². The van der Waals surface area contributed by atoms with Crippen LogP contribution in [-0.2, 0) is 6.42 Å². The largest absolute Gasteiger partial charge is 0.497 e. The van der Waals surface area contributed by atoms with Gasteiger partial charge in [0, 0.05) is 12.5 Å². The normalized spacial score (nSPS) is 12.9. The van der Waals surface area contributed by atoms with Crippen molar-refractivity contribution < 1.29 is 9.15 Å². The van der Waals surface area contributed by atoms with Crippen molar-refractivity contribution in [3.8, 4) is 5.75 Å². The van der Waals surface area contributed by atoms with Crippen LogP contribution in [0.2, 0.25) is 0 Å². The zero-order valence-corrected chi connectivity index (χ0v) is 10.3. The third-order valence-electron chi connectivity index (χ3n) is 3.01. The molecule has 2 rings (SSSR count). The summed E-state index contributed by atoms with van der Waals surface area (Å²) >= 11 is 0. The van der Waals surface area contributed by atoms with E-state index in [0.717, 1.165) is 35.6 Å². The second-order valence-corrected chi connectivity index (χ2v) is 4.16. The maximum atomic E-state index is 5.70. The average Bonchev–Trinajstić information content (AvgIpc) is 2.76. The zero-order chi connectivity index (χ0) is 12.3. The summed E-state index contributed by atoms with van der Waals surface area (Å²) < 4.78 is 10.8. The van der Waals surface area contributed by atoms with Crippen LogP contribution in [0, 0.1) is 5.92 Å². The predicted octanol–water partition coefficient (Wildman–Crippen LogP) is 2.36.